The molecule has 1 heterocycles. The quantitative estimate of drug-likeness (QED) is 0.686. The summed E-state index contributed by atoms with van der Waals surface area (Å²) in [5, 5.41) is 8.79. The maximum absolute atomic E-state index is 11.3. The highest BCUT2D eigenvalue weighted by Crippen LogP contribution is 2.27. The Bertz CT molecular complexity index is 838. The minimum Gasteiger partial charge on any atom is -0.296 e. The first-order valence-electron chi connectivity index (χ1n) is 6.84. The van der Waals surface area contributed by atoms with Gasteiger partial charge in [-0.05, 0) is 43.2 Å². The van der Waals surface area contributed by atoms with E-state index < -0.39 is 0 Å². The molecule has 3 aromatic rings. The van der Waals surface area contributed by atoms with Gasteiger partial charge < -0.3 is 0 Å². The molecule has 1 aromatic heterocycles. The second-order valence-corrected chi connectivity index (χ2v) is 5.59. The fraction of sp³-hybridized carbons (Fsp3) is 0.118. The number of hydrogen-bond acceptors (Lipinski definition) is 3. The summed E-state index contributed by atoms with van der Waals surface area (Å²) >= 11 is 5.94. The first-order valence-corrected chi connectivity index (χ1v) is 7.22. The topological polar surface area (TPSA) is 47.8 Å². The summed E-state index contributed by atoms with van der Waals surface area (Å²) in [6.45, 7) is 4.02. The van der Waals surface area contributed by atoms with E-state index in [0.717, 1.165) is 28.7 Å². The molecule has 0 unspecified atom stereocenters. The lowest BCUT2D eigenvalue weighted by molar-refractivity contribution is 0.111. The fourth-order valence-electron chi connectivity index (χ4n) is 2.37. The number of aromatic nitrogens is 3. The largest absolute Gasteiger partial charge is 0.296 e. The minimum absolute atomic E-state index is 0.309. The maximum Gasteiger partial charge on any atom is 0.172 e. The molecule has 2 aromatic carbocycles. The summed E-state index contributed by atoms with van der Waals surface area (Å²) in [5.74, 6) is 0. The standard InChI is InChI=1S/C17H14ClN3O/c1-11-3-4-12(2)16(9-11)21-17(15(10-22)19-20-21)13-5-7-14(18)8-6-13/h3-10H,1-2H3. The first-order chi connectivity index (χ1) is 10.6. The van der Waals surface area contributed by atoms with Crippen molar-refractivity contribution in [3.8, 4) is 16.9 Å². The van der Waals surface area contributed by atoms with E-state index >= 15 is 0 Å². The first kappa shape index (κ1) is 14.5. The van der Waals surface area contributed by atoms with Crippen molar-refractivity contribution < 1.29 is 4.79 Å². The zero-order chi connectivity index (χ0) is 15.7. The van der Waals surface area contributed by atoms with Crippen LogP contribution in [0.4, 0.5) is 0 Å². The predicted octanol–water partition coefficient (Wildman–Crippen LogP) is 4.02. The van der Waals surface area contributed by atoms with E-state index in [1.54, 1.807) is 16.8 Å². The molecule has 4 nitrogen and oxygen atoms in total. The third-order valence-corrected chi connectivity index (χ3v) is 3.77. The Hall–Kier alpha value is -2.46. The van der Waals surface area contributed by atoms with Crippen LogP contribution in [0.1, 0.15) is 21.6 Å². The van der Waals surface area contributed by atoms with Gasteiger partial charge in [0.05, 0.1) is 5.69 Å². The second kappa shape index (κ2) is 5.73. The molecule has 0 amide bonds. The summed E-state index contributed by atoms with van der Waals surface area (Å²) in [6.07, 6.45) is 0.721. The van der Waals surface area contributed by atoms with Gasteiger partial charge in [-0.1, -0.05) is 41.1 Å². The van der Waals surface area contributed by atoms with E-state index in [0.29, 0.717) is 16.4 Å². The van der Waals surface area contributed by atoms with Gasteiger partial charge in [-0.15, -0.1) is 5.10 Å². The molecule has 0 atom stereocenters. The van der Waals surface area contributed by atoms with E-state index in [-0.39, 0.29) is 0 Å². The van der Waals surface area contributed by atoms with Crippen molar-refractivity contribution in [2.45, 2.75) is 13.8 Å². The Morgan fingerprint density at radius 2 is 1.82 bits per heavy atom. The molecule has 0 saturated heterocycles. The lowest BCUT2D eigenvalue weighted by Gasteiger charge is -2.11. The molecule has 110 valence electrons. The van der Waals surface area contributed by atoms with Crippen molar-refractivity contribution in [1.29, 1.82) is 0 Å². The molecule has 0 aliphatic rings. The maximum atomic E-state index is 11.3. The molecule has 0 aliphatic heterocycles. The molecule has 3 rings (SSSR count). The summed E-state index contributed by atoms with van der Waals surface area (Å²) in [6, 6.07) is 13.4. The van der Waals surface area contributed by atoms with Gasteiger partial charge in [-0.2, -0.15) is 0 Å². The van der Waals surface area contributed by atoms with Crippen LogP contribution < -0.4 is 0 Å². The number of nitrogens with zero attached hydrogens (tertiary/aromatic N) is 3. The van der Waals surface area contributed by atoms with Crippen molar-refractivity contribution in [2.75, 3.05) is 0 Å². The molecule has 0 N–H and O–H groups in total. The Labute approximate surface area is 133 Å². The fourth-order valence-corrected chi connectivity index (χ4v) is 2.49. The normalized spacial score (nSPS) is 10.7. The van der Waals surface area contributed by atoms with Gasteiger partial charge in [0.1, 0.15) is 5.69 Å². The van der Waals surface area contributed by atoms with Crippen molar-refractivity contribution in [1.82, 2.24) is 15.0 Å². The zero-order valence-electron chi connectivity index (χ0n) is 12.2. The molecular weight excluding hydrogens is 298 g/mol. The number of carbonyl (C=O) groups is 1. The molecule has 0 fully saturated rings. The van der Waals surface area contributed by atoms with Gasteiger partial charge >= 0.3 is 0 Å². The van der Waals surface area contributed by atoms with Crippen LogP contribution in [0.5, 0.6) is 0 Å². The van der Waals surface area contributed by atoms with Crippen LogP contribution in [-0.4, -0.2) is 21.3 Å². The average molecular weight is 312 g/mol. The average Bonchev–Trinajstić information content (AvgIpc) is 2.94. The van der Waals surface area contributed by atoms with E-state index in [2.05, 4.69) is 10.3 Å². The predicted molar refractivity (Wildman–Crippen MR) is 86.7 cm³/mol. The highest BCUT2D eigenvalue weighted by Gasteiger charge is 2.17. The van der Waals surface area contributed by atoms with Crippen molar-refractivity contribution in [2.24, 2.45) is 0 Å². The Morgan fingerprint density at radius 3 is 2.50 bits per heavy atom. The number of carbonyl (C=O) groups excluding carboxylic acids is 1. The van der Waals surface area contributed by atoms with Crippen LogP contribution in [0.3, 0.4) is 0 Å². The molecule has 5 heteroatoms. The molecule has 0 bridgehead atoms. The lowest BCUT2D eigenvalue weighted by Crippen LogP contribution is -2.02. The van der Waals surface area contributed by atoms with Crippen LogP contribution >= 0.6 is 11.6 Å². The van der Waals surface area contributed by atoms with Gasteiger partial charge in [0.15, 0.2) is 12.0 Å². The number of halogens is 1. The zero-order valence-corrected chi connectivity index (χ0v) is 13.0. The second-order valence-electron chi connectivity index (χ2n) is 5.15. The lowest BCUT2D eigenvalue weighted by atomic mass is 10.1. The van der Waals surface area contributed by atoms with Crippen LogP contribution in [0, 0.1) is 13.8 Å². The summed E-state index contributed by atoms with van der Waals surface area (Å²) in [5.41, 5.74) is 4.90. The van der Waals surface area contributed by atoms with Crippen molar-refractivity contribution >= 4 is 17.9 Å². The van der Waals surface area contributed by atoms with E-state index in [4.69, 9.17) is 11.6 Å². The van der Waals surface area contributed by atoms with Gasteiger partial charge in [0.25, 0.3) is 0 Å². The van der Waals surface area contributed by atoms with Gasteiger partial charge in [0, 0.05) is 10.6 Å². The van der Waals surface area contributed by atoms with Crippen LogP contribution in [-0.2, 0) is 0 Å². The SMILES string of the molecule is Cc1ccc(C)c(-n2nnc(C=O)c2-c2ccc(Cl)cc2)c1. The number of aryl methyl sites for hydroxylation is 2. The monoisotopic (exact) mass is 311 g/mol. The van der Waals surface area contributed by atoms with Crippen molar-refractivity contribution in [3.63, 3.8) is 0 Å². The van der Waals surface area contributed by atoms with Gasteiger partial charge in [-0.25, -0.2) is 4.68 Å². The summed E-state index contributed by atoms with van der Waals surface area (Å²) in [4.78, 5) is 11.3. The Kier molecular flexibility index (Phi) is 3.77. The third-order valence-electron chi connectivity index (χ3n) is 3.52. The molecule has 0 saturated carbocycles. The third kappa shape index (κ3) is 2.53. The molecule has 22 heavy (non-hydrogen) atoms. The Morgan fingerprint density at radius 1 is 1.09 bits per heavy atom. The van der Waals surface area contributed by atoms with Crippen LogP contribution in [0.2, 0.25) is 5.02 Å². The number of hydrogen-bond donors (Lipinski definition) is 0. The molecule has 0 aliphatic carbocycles. The van der Waals surface area contributed by atoms with Crippen LogP contribution in [0.25, 0.3) is 16.9 Å². The molecular formula is C17H14ClN3O. The summed E-state index contributed by atoms with van der Waals surface area (Å²) in [7, 11) is 0. The molecule has 0 spiro atoms. The summed E-state index contributed by atoms with van der Waals surface area (Å²) < 4.78 is 1.70. The van der Waals surface area contributed by atoms with Gasteiger partial charge in [-0.3, -0.25) is 4.79 Å². The van der Waals surface area contributed by atoms with Crippen LogP contribution in [0.15, 0.2) is 42.5 Å². The smallest absolute Gasteiger partial charge is 0.172 e. The highest BCUT2D eigenvalue weighted by molar-refractivity contribution is 6.30. The molecule has 0 radical (unpaired) electrons. The number of rotatable bonds is 3. The van der Waals surface area contributed by atoms with E-state index in [9.17, 15) is 4.79 Å². The van der Waals surface area contributed by atoms with Crippen molar-refractivity contribution in [3.05, 3.63) is 64.3 Å². The van der Waals surface area contributed by atoms with E-state index in [1.807, 2.05) is 44.2 Å². The van der Waals surface area contributed by atoms with Gasteiger partial charge in [0.2, 0.25) is 0 Å². The minimum atomic E-state index is 0.309. The Balaban J connectivity index is 2.25. The van der Waals surface area contributed by atoms with E-state index in [1.165, 1.54) is 0 Å². The number of benzene rings is 2. The highest BCUT2D eigenvalue weighted by atomic mass is 35.5. The number of aldehydes is 1.